The molecule has 2 aliphatic heterocycles. The number of carboxylic acid groups (broad SMARTS) is 1. The molecule has 2 amide bonds. The van der Waals surface area contributed by atoms with Gasteiger partial charge in [-0.25, -0.2) is 9.78 Å². The average Bonchev–Trinajstić information content (AvgIpc) is 2.76. The quantitative estimate of drug-likeness (QED) is 0.462. The molecule has 1 fully saturated rings. The highest BCUT2D eigenvalue weighted by Gasteiger charge is 2.54. The van der Waals surface area contributed by atoms with E-state index in [4.69, 9.17) is 11.6 Å². The monoisotopic (exact) mass is 476 g/mol. The molecule has 3 heterocycles. The average molecular weight is 477 g/mol. The van der Waals surface area contributed by atoms with Gasteiger partial charge >= 0.3 is 5.97 Å². The minimum Gasteiger partial charge on any atom is -0.477 e. The second-order valence-electron chi connectivity index (χ2n) is 6.84. The van der Waals surface area contributed by atoms with Crippen molar-refractivity contribution in [3.05, 3.63) is 64.7 Å². The molecule has 0 saturated carbocycles. The molecule has 1 unspecified atom stereocenters. The van der Waals surface area contributed by atoms with E-state index in [9.17, 15) is 19.5 Å². The maximum absolute atomic E-state index is 12.7. The van der Waals surface area contributed by atoms with Crippen molar-refractivity contribution < 1.29 is 19.5 Å². The summed E-state index contributed by atoms with van der Waals surface area (Å²) in [5.74, 6) is -1.08. The van der Waals surface area contributed by atoms with E-state index < -0.39 is 23.3 Å². The summed E-state index contributed by atoms with van der Waals surface area (Å²) in [6, 6.07) is 8.49. The molecule has 1 saturated heterocycles. The number of carbonyl (C=O) groups excluding carboxylic acids is 2. The number of fused-ring (bicyclic) bond motifs is 1. The van der Waals surface area contributed by atoms with Gasteiger partial charge in [0.15, 0.2) is 0 Å². The van der Waals surface area contributed by atoms with E-state index in [0.717, 1.165) is 5.56 Å². The molecule has 1 aromatic heterocycles. The fourth-order valence-electron chi connectivity index (χ4n) is 3.36. The van der Waals surface area contributed by atoms with Crippen LogP contribution in [0.5, 0.6) is 0 Å². The number of aromatic nitrogens is 2. The Hall–Kier alpha value is -2.56. The van der Waals surface area contributed by atoms with Crippen LogP contribution < -0.4 is 5.32 Å². The predicted octanol–water partition coefficient (Wildman–Crippen LogP) is 2.20. The number of carbonyl (C=O) groups is 3. The maximum Gasteiger partial charge on any atom is 0.352 e. The zero-order valence-corrected chi connectivity index (χ0v) is 18.4. The van der Waals surface area contributed by atoms with Crippen molar-refractivity contribution >= 4 is 52.9 Å². The van der Waals surface area contributed by atoms with Gasteiger partial charge in [-0.15, -0.1) is 23.5 Å². The lowest BCUT2D eigenvalue weighted by molar-refractivity contribution is -0.150. The van der Waals surface area contributed by atoms with Crippen LogP contribution in [-0.2, 0) is 20.8 Å². The van der Waals surface area contributed by atoms with Gasteiger partial charge in [0.2, 0.25) is 5.91 Å². The third kappa shape index (κ3) is 4.70. The van der Waals surface area contributed by atoms with Gasteiger partial charge in [-0.3, -0.25) is 19.5 Å². The Labute approximate surface area is 191 Å². The predicted molar refractivity (Wildman–Crippen MR) is 118 cm³/mol. The van der Waals surface area contributed by atoms with Crippen LogP contribution in [0, 0.1) is 0 Å². The lowest BCUT2D eigenvalue weighted by Crippen LogP contribution is -2.70. The van der Waals surface area contributed by atoms with E-state index in [-0.39, 0.29) is 23.2 Å². The van der Waals surface area contributed by atoms with Gasteiger partial charge < -0.3 is 10.4 Å². The number of benzene rings is 1. The number of hydrogen-bond donors (Lipinski definition) is 2. The summed E-state index contributed by atoms with van der Waals surface area (Å²) in [7, 11) is 0. The van der Waals surface area contributed by atoms with Crippen LogP contribution in [-0.4, -0.2) is 60.7 Å². The molecule has 0 bridgehead atoms. The first kappa shape index (κ1) is 21.7. The zero-order valence-electron chi connectivity index (χ0n) is 16.0. The largest absolute Gasteiger partial charge is 0.477 e. The Balaban J connectivity index is 1.44. The van der Waals surface area contributed by atoms with Gasteiger partial charge in [0.1, 0.15) is 27.3 Å². The zero-order chi connectivity index (χ0) is 22.0. The molecular weight excluding hydrogens is 460 g/mol. The van der Waals surface area contributed by atoms with Crippen molar-refractivity contribution in [1.82, 2.24) is 20.2 Å². The molecule has 2 atom stereocenters. The van der Waals surface area contributed by atoms with Crippen molar-refractivity contribution in [3.8, 4) is 0 Å². The molecule has 4 rings (SSSR count). The first-order chi connectivity index (χ1) is 14.9. The van der Waals surface area contributed by atoms with E-state index in [2.05, 4.69) is 15.3 Å². The molecule has 0 radical (unpaired) electrons. The second-order valence-corrected chi connectivity index (χ2v) is 9.33. The van der Waals surface area contributed by atoms with Crippen LogP contribution in [0.1, 0.15) is 5.56 Å². The maximum atomic E-state index is 12.7. The molecule has 8 nitrogen and oxygen atoms in total. The summed E-state index contributed by atoms with van der Waals surface area (Å²) in [6.07, 6.45) is 3.12. The van der Waals surface area contributed by atoms with Crippen molar-refractivity contribution in [1.29, 1.82) is 0 Å². The molecule has 2 N–H and O–H groups in total. The number of carboxylic acids is 1. The molecule has 31 heavy (non-hydrogen) atoms. The number of hydrogen-bond acceptors (Lipinski definition) is 7. The number of thioether (sulfide) groups is 2. The molecule has 0 aliphatic carbocycles. The van der Waals surface area contributed by atoms with Crippen LogP contribution >= 0.6 is 35.1 Å². The van der Waals surface area contributed by atoms with E-state index in [1.165, 1.54) is 34.6 Å². The SMILES string of the molecule is O=C(Cc1ccccc1)NC1C(=O)N2C(C(=O)O)=C(CSc3cncc(Cl)n3)CS[C@@H]12. The molecule has 160 valence electrons. The lowest BCUT2D eigenvalue weighted by Gasteiger charge is -2.49. The van der Waals surface area contributed by atoms with Gasteiger partial charge in [0.25, 0.3) is 5.91 Å². The Kier molecular flexibility index (Phi) is 6.49. The Bertz CT molecular complexity index is 1070. The third-order valence-corrected chi connectivity index (χ3v) is 7.26. The topological polar surface area (TPSA) is 112 Å². The fourth-order valence-corrected chi connectivity index (χ4v) is 5.89. The molecule has 2 aliphatic rings. The standard InChI is InChI=1S/C20H17ClN4O4S2/c21-13-7-22-8-15(23-13)30-9-12-10-31-19-16(18(27)25(19)17(12)20(28)29)24-14(26)6-11-4-2-1-3-5-11/h1-5,7-8,16,19H,6,9-10H2,(H,24,26)(H,28,29)/t16?,19-/m0/s1. The summed E-state index contributed by atoms with van der Waals surface area (Å²) >= 11 is 8.58. The minimum atomic E-state index is -1.17. The molecule has 2 aromatic rings. The van der Waals surface area contributed by atoms with E-state index in [1.54, 1.807) is 6.20 Å². The van der Waals surface area contributed by atoms with Crippen LogP contribution in [0.2, 0.25) is 5.15 Å². The second kappa shape index (κ2) is 9.29. The summed E-state index contributed by atoms with van der Waals surface area (Å²) in [6.45, 7) is 0. The van der Waals surface area contributed by atoms with Crippen molar-refractivity contribution in [2.75, 3.05) is 11.5 Å². The smallest absolute Gasteiger partial charge is 0.352 e. The summed E-state index contributed by atoms with van der Waals surface area (Å²) < 4.78 is 0. The Morgan fingerprint density at radius 3 is 2.77 bits per heavy atom. The lowest BCUT2D eigenvalue weighted by atomic mass is 10.0. The molecule has 0 spiro atoms. The summed E-state index contributed by atoms with van der Waals surface area (Å²) in [4.78, 5) is 46.4. The molecule has 1 aromatic carbocycles. The highest BCUT2D eigenvalue weighted by atomic mass is 35.5. The Morgan fingerprint density at radius 2 is 2.06 bits per heavy atom. The minimum absolute atomic E-state index is 0.0233. The highest BCUT2D eigenvalue weighted by Crippen LogP contribution is 2.41. The van der Waals surface area contributed by atoms with Crippen molar-refractivity contribution in [3.63, 3.8) is 0 Å². The van der Waals surface area contributed by atoms with Crippen molar-refractivity contribution in [2.24, 2.45) is 0 Å². The van der Waals surface area contributed by atoms with Gasteiger partial charge in [0, 0.05) is 11.5 Å². The first-order valence-corrected chi connectivity index (χ1v) is 11.7. The van der Waals surface area contributed by atoms with E-state index in [1.807, 2.05) is 30.3 Å². The van der Waals surface area contributed by atoms with Crippen LogP contribution in [0.15, 0.2) is 59.0 Å². The number of nitrogens with zero attached hydrogens (tertiary/aromatic N) is 3. The first-order valence-electron chi connectivity index (χ1n) is 9.27. The summed E-state index contributed by atoms with van der Waals surface area (Å²) in [5.41, 5.74) is 1.43. The van der Waals surface area contributed by atoms with Crippen LogP contribution in [0.4, 0.5) is 0 Å². The highest BCUT2D eigenvalue weighted by molar-refractivity contribution is 8.01. The van der Waals surface area contributed by atoms with Crippen LogP contribution in [0.25, 0.3) is 0 Å². The number of β-lactam (4-membered cyclic amide) rings is 1. The van der Waals surface area contributed by atoms with Crippen LogP contribution in [0.3, 0.4) is 0 Å². The summed E-state index contributed by atoms with van der Waals surface area (Å²) in [5, 5.41) is 12.9. The third-order valence-electron chi connectivity index (χ3n) is 4.75. The van der Waals surface area contributed by atoms with E-state index in [0.29, 0.717) is 22.1 Å². The number of halogens is 1. The number of aliphatic carboxylic acids is 1. The van der Waals surface area contributed by atoms with Gasteiger partial charge in [-0.05, 0) is 11.1 Å². The molecule has 11 heteroatoms. The molecular formula is C20H17ClN4O4S2. The van der Waals surface area contributed by atoms with Gasteiger partial charge in [-0.2, -0.15) is 0 Å². The van der Waals surface area contributed by atoms with Crippen molar-refractivity contribution in [2.45, 2.75) is 22.9 Å². The normalized spacial score (nSPS) is 20.2. The van der Waals surface area contributed by atoms with Gasteiger partial charge in [0.05, 0.1) is 18.8 Å². The number of nitrogens with one attached hydrogen (secondary N) is 1. The van der Waals surface area contributed by atoms with Gasteiger partial charge in [-0.1, -0.05) is 41.9 Å². The van der Waals surface area contributed by atoms with E-state index >= 15 is 0 Å². The number of rotatable bonds is 7. The Morgan fingerprint density at radius 1 is 1.29 bits per heavy atom. The number of amides is 2. The fraction of sp³-hybridized carbons (Fsp3) is 0.250.